The number of carbonyl (C=O) groups is 3. The first-order valence-electron chi connectivity index (χ1n) is 10.4. The van der Waals surface area contributed by atoms with Gasteiger partial charge in [0, 0.05) is 23.9 Å². The number of allylic oxidation sites excluding steroid dienone is 1. The maximum Gasteiger partial charge on any atom is 0.513 e. The van der Waals surface area contributed by atoms with Gasteiger partial charge in [0.05, 0.1) is 6.61 Å². The number of carbonyl (C=O) groups excluding carboxylic acids is 3. The third-order valence-electron chi connectivity index (χ3n) is 4.84. The van der Waals surface area contributed by atoms with Gasteiger partial charge in [0.1, 0.15) is 5.75 Å². The number of amides is 2. The van der Waals surface area contributed by atoms with Crippen molar-refractivity contribution in [2.75, 3.05) is 11.9 Å². The maximum atomic E-state index is 12.3. The molecule has 2 amide bonds. The minimum atomic E-state index is -0.783. The normalized spacial score (nSPS) is 12.7. The molecule has 0 radical (unpaired) electrons. The minimum Gasteiger partial charge on any atom is -0.434 e. The second-order valence-electron chi connectivity index (χ2n) is 7.19. The molecule has 1 fully saturated rings. The summed E-state index contributed by atoms with van der Waals surface area (Å²) in [6.07, 6.45) is 5.25. The number of rotatable bonds is 7. The van der Waals surface area contributed by atoms with Crippen molar-refractivity contribution in [1.29, 1.82) is 0 Å². The number of hydrogen-bond donors (Lipinski definition) is 2. The predicted octanol–water partition coefficient (Wildman–Crippen LogP) is 4.59. The van der Waals surface area contributed by atoms with Crippen molar-refractivity contribution < 1.29 is 23.9 Å². The van der Waals surface area contributed by atoms with E-state index in [0.29, 0.717) is 23.5 Å². The van der Waals surface area contributed by atoms with Crippen LogP contribution in [-0.2, 0) is 16.1 Å². The van der Waals surface area contributed by atoms with E-state index in [4.69, 9.17) is 9.47 Å². The molecule has 0 unspecified atom stereocenters. The van der Waals surface area contributed by atoms with Crippen LogP contribution in [0.25, 0.3) is 0 Å². The Kier molecular flexibility index (Phi) is 7.81. The van der Waals surface area contributed by atoms with Crippen LogP contribution in [0.3, 0.4) is 0 Å². The largest absolute Gasteiger partial charge is 0.513 e. The summed E-state index contributed by atoms with van der Waals surface area (Å²) in [6, 6.07) is 13.5. The Bertz CT molecular complexity index is 941. The highest BCUT2D eigenvalue weighted by molar-refractivity contribution is 5.99. The summed E-state index contributed by atoms with van der Waals surface area (Å²) in [5.41, 5.74) is 3.27. The molecule has 0 saturated heterocycles. The summed E-state index contributed by atoms with van der Waals surface area (Å²) < 4.78 is 9.67. The number of nitrogens with one attached hydrogen (secondary N) is 2. The molecule has 0 bridgehead atoms. The summed E-state index contributed by atoms with van der Waals surface area (Å²) in [6.45, 7) is 2.26. The Morgan fingerprint density at radius 1 is 0.968 bits per heavy atom. The number of anilines is 1. The van der Waals surface area contributed by atoms with Crippen molar-refractivity contribution in [3.05, 3.63) is 71.3 Å². The van der Waals surface area contributed by atoms with Gasteiger partial charge in [-0.15, -0.1) is 0 Å². The van der Waals surface area contributed by atoms with Gasteiger partial charge in [0.15, 0.2) is 0 Å². The molecule has 2 N–H and O–H groups in total. The van der Waals surface area contributed by atoms with Gasteiger partial charge in [-0.1, -0.05) is 17.7 Å². The molecular formula is C24H26N2O5. The summed E-state index contributed by atoms with van der Waals surface area (Å²) in [7, 11) is 0. The lowest BCUT2D eigenvalue weighted by Crippen LogP contribution is -2.22. The first-order valence-corrected chi connectivity index (χ1v) is 10.4. The van der Waals surface area contributed by atoms with Gasteiger partial charge in [-0.25, -0.2) is 4.79 Å². The van der Waals surface area contributed by atoms with Crippen LogP contribution in [0.1, 0.15) is 48.5 Å². The van der Waals surface area contributed by atoms with Gasteiger partial charge in [-0.05, 0) is 74.6 Å². The van der Waals surface area contributed by atoms with E-state index < -0.39 is 6.16 Å². The van der Waals surface area contributed by atoms with Crippen LogP contribution in [0.5, 0.6) is 5.75 Å². The molecule has 1 saturated carbocycles. The van der Waals surface area contributed by atoms with E-state index in [2.05, 4.69) is 10.6 Å². The summed E-state index contributed by atoms with van der Waals surface area (Å²) >= 11 is 0. The zero-order valence-electron chi connectivity index (χ0n) is 17.5. The lowest BCUT2D eigenvalue weighted by molar-refractivity contribution is -0.112. The second-order valence-corrected chi connectivity index (χ2v) is 7.19. The van der Waals surface area contributed by atoms with Crippen LogP contribution in [-0.4, -0.2) is 24.6 Å². The van der Waals surface area contributed by atoms with Gasteiger partial charge in [-0.3, -0.25) is 9.59 Å². The van der Waals surface area contributed by atoms with Gasteiger partial charge < -0.3 is 20.1 Å². The highest BCUT2D eigenvalue weighted by Crippen LogP contribution is 2.23. The Morgan fingerprint density at radius 3 is 2.29 bits per heavy atom. The van der Waals surface area contributed by atoms with Crippen LogP contribution in [0, 0.1) is 0 Å². The van der Waals surface area contributed by atoms with Crippen molar-refractivity contribution in [1.82, 2.24) is 5.32 Å². The van der Waals surface area contributed by atoms with E-state index in [1.165, 1.54) is 17.7 Å². The highest BCUT2D eigenvalue weighted by Gasteiger charge is 2.10. The van der Waals surface area contributed by atoms with Crippen LogP contribution in [0.2, 0.25) is 0 Å². The molecule has 7 heteroatoms. The highest BCUT2D eigenvalue weighted by atomic mass is 16.7. The average Bonchev–Trinajstić information content (AvgIpc) is 3.26. The predicted molar refractivity (Wildman–Crippen MR) is 117 cm³/mol. The fraction of sp³-hybridized carbons (Fsp3) is 0.292. The van der Waals surface area contributed by atoms with Crippen molar-refractivity contribution in [2.24, 2.45) is 0 Å². The molecule has 0 heterocycles. The number of benzene rings is 2. The van der Waals surface area contributed by atoms with Crippen LogP contribution in [0.15, 0.2) is 60.2 Å². The third-order valence-corrected chi connectivity index (χ3v) is 4.84. The summed E-state index contributed by atoms with van der Waals surface area (Å²) in [5.74, 6) is -0.0483. The average molecular weight is 422 g/mol. The molecule has 0 spiro atoms. The summed E-state index contributed by atoms with van der Waals surface area (Å²) in [4.78, 5) is 35.7. The van der Waals surface area contributed by atoms with Crippen LogP contribution in [0.4, 0.5) is 10.5 Å². The van der Waals surface area contributed by atoms with Crippen molar-refractivity contribution in [2.45, 2.75) is 39.2 Å². The van der Waals surface area contributed by atoms with Gasteiger partial charge in [-0.2, -0.15) is 0 Å². The van der Waals surface area contributed by atoms with Crippen LogP contribution < -0.4 is 15.4 Å². The molecule has 162 valence electrons. The Labute approximate surface area is 181 Å². The van der Waals surface area contributed by atoms with Crippen molar-refractivity contribution in [3.63, 3.8) is 0 Å². The van der Waals surface area contributed by atoms with Crippen LogP contribution >= 0.6 is 0 Å². The molecule has 1 aliphatic carbocycles. The standard InChI is InChI=1S/C24H26N2O5/c1-2-30-24(29)31-21-13-9-19(10-14-21)23(28)25-16-18-7-11-20(12-8-18)26-22(27)15-17-5-3-4-6-17/h7-15H,2-6,16H2,1H3,(H,25,28)(H,26,27). The summed E-state index contributed by atoms with van der Waals surface area (Å²) in [5, 5.41) is 5.70. The first kappa shape index (κ1) is 22.1. The molecule has 0 aliphatic heterocycles. The molecule has 0 aromatic heterocycles. The van der Waals surface area contributed by atoms with Gasteiger partial charge in [0.2, 0.25) is 5.91 Å². The lowest BCUT2D eigenvalue weighted by atomic mass is 10.1. The second kappa shape index (κ2) is 11.0. The topological polar surface area (TPSA) is 93.7 Å². The zero-order chi connectivity index (χ0) is 22.1. The molecule has 0 atom stereocenters. The zero-order valence-corrected chi connectivity index (χ0v) is 17.5. The molecular weight excluding hydrogens is 396 g/mol. The molecule has 2 aromatic carbocycles. The van der Waals surface area contributed by atoms with E-state index >= 15 is 0 Å². The number of ether oxygens (including phenoxy) is 2. The molecule has 7 nitrogen and oxygen atoms in total. The maximum absolute atomic E-state index is 12.3. The quantitative estimate of drug-likeness (QED) is 0.387. The fourth-order valence-electron chi connectivity index (χ4n) is 3.25. The van der Waals surface area contributed by atoms with Crippen molar-refractivity contribution in [3.8, 4) is 5.75 Å². The SMILES string of the molecule is CCOC(=O)Oc1ccc(C(=O)NCc2ccc(NC(=O)C=C3CCCC3)cc2)cc1. The smallest absolute Gasteiger partial charge is 0.434 e. The van der Waals surface area contributed by atoms with E-state index in [9.17, 15) is 14.4 Å². The molecule has 31 heavy (non-hydrogen) atoms. The van der Waals surface area contributed by atoms with Crippen molar-refractivity contribution >= 4 is 23.7 Å². The third kappa shape index (κ3) is 6.99. The van der Waals surface area contributed by atoms with E-state index in [0.717, 1.165) is 31.2 Å². The number of hydrogen-bond acceptors (Lipinski definition) is 5. The lowest BCUT2D eigenvalue weighted by Gasteiger charge is -2.08. The molecule has 3 rings (SSSR count). The molecule has 1 aliphatic rings. The fourth-order valence-corrected chi connectivity index (χ4v) is 3.25. The van der Waals surface area contributed by atoms with E-state index in [1.54, 1.807) is 25.1 Å². The van der Waals surface area contributed by atoms with E-state index in [1.807, 2.05) is 24.3 Å². The monoisotopic (exact) mass is 422 g/mol. The Morgan fingerprint density at radius 2 is 1.65 bits per heavy atom. The first-order chi connectivity index (χ1) is 15.0. The minimum absolute atomic E-state index is 0.103. The Hall–Kier alpha value is -3.61. The Balaban J connectivity index is 1.47. The molecule has 2 aromatic rings. The van der Waals surface area contributed by atoms with E-state index in [-0.39, 0.29) is 18.4 Å². The van der Waals surface area contributed by atoms with Gasteiger partial charge >= 0.3 is 6.16 Å². The van der Waals surface area contributed by atoms with Gasteiger partial charge in [0.25, 0.3) is 5.91 Å².